The minimum absolute atomic E-state index is 0.0248. The molecule has 2 heterocycles. The molecule has 1 aliphatic carbocycles. The maximum atomic E-state index is 13.5. The number of anilines is 1. The van der Waals surface area contributed by atoms with Gasteiger partial charge in [0.2, 0.25) is 11.1 Å². The third-order valence-electron chi connectivity index (χ3n) is 6.05. The molecule has 1 spiro atoms. The van der Waals surface area contributed by atoms with Gasteiger partial charge in [-0.1, -0.05) is 67.4 Å². The van der Waals surface area contributed by atoms with Crippen LogP contribution in [0, 0.1) is 0 Å². The SMILES string of the molecule is COc1cccc(NC(=O)[C@H]2Sc3nnc(-c4ccccc4)n3NC23CCCCC3)c1. The second-order valence-electron chi connectivity index (χ2n) is 8.06. The Balaban J connectivity index is 1.47. The zero-order valence-electron chi connectivity index (χ0n) is 17.4. The summed E-state index contributed by atoms with van der Waals surface area (Å²) in [5.41, 5.74) is 5.07. The van der Waals surface area contributed by atoms with Crippen LogP contribution in [-0.4, -0.2) is 38.7 Å². The lowest BCUT2D eigenvalue weighted by molar-refractivity contribution is -0.117. The second-order valence-corrected chi connectivity index (χ2v) is 9.13. The number of nitrogens with zero attached hydrogens (tertiary/aromatic N) is 3. The Labute approximate surface area is 185 Å². The van der Waals surface area contributed by atoms with Gasteiger partial charge in [-0.2, -0.15) is 0 Å². The number of hydrogen-bond acceptors (Lipinski definition) is 6. The van der Waals surface area contributed by atoms with Crippen molar-refractivity contribution in [3.63, 3.8) is 0 Å². The van der Waals surface area contributed by atoms with E-state index in [4.69, 9.17) is 4.74 Å². The van der Waals surface area contributed by atoms with Gasteiger partial charge in [-0.25, -0.2) is 4.68 Å². The van der Waals surface area contributed by atoms with Gasteiger partial charge in [0.1, 0.15) is 11.0 Å². The first kappa shape index (κ1) is 19.9. The first-order chi connectivity index (χ1) is 15.2. The number of methoxy groups -OCH3 is 1. The Morgan fingerprint density at radius 3 is 2.71 bits per heavy atom. The molecule has 0 bridgehead atoms. The number of rotatable bonds is 4. The average molecular weight is 436 g/mol. The monoisotopic (exact) mass is 435 g/mol. The van der Waals surface area contributed by atoms with Crippen LogP contribution in [0.15, 0.2) is 59.8 Å². The van der Waals surface area contributed by atoms with Gasteiger partial charge in [0.05, 0.1) is 12.6 Å². The van der Waals surface area contributed by atoms with Crippen molar-refractivity contribution in [3.8, 4) is 17.1 Å². The van der Waals surface area contributed by atoms with Crippen molar-refractivity contribution < 1.29 is 9.53 Å². The lowest BCUT2D eigenvalue weighted by atomic mass is 9.79. The molecule has 5 rings (SSSR count). The highest BCUT2D eigenvalue weighted by atomic mass is 32.2. The number of nitrogens with one attached hydrogen (secondary N) is 2. The maximum Gasteiger partial charge on any atom is 0.240 e. The van der Waals surface area contributed by atoms with Gasteiger partial charge in [-0.05, 0) is 25.0 Å². The summed E-state index contributed by atoms with van der Waals surface area (Å²) in [5, 5.41) is 12.3. The van der Waals surface area contributed by atoms with Gasteiger partial charge in [-0.3, -0.25) is 4.79 Å². The molecule has 31 heavy (non-hydrogen) atoms. The van der Waals surface area contributed by atoms with E-state index >= 15 is 0 Å². The van der Waals surface area contributed by atoms with Crippen LogP contribution >= 0.6 is 11.8 Å². The van der Waals surface area contributed by atoms with Crippen LogP contribution in [0.25, 0.3) is 11.4 Å². The fourth-order valence-electron chi connectivity index (χ4n) is 4.49. The largest absolute Gasteiger partial charge is 0.497 e. The molecule has 1 aliphatic heterocycles. The average Bonchev–Trinajstić information content (AvgIpc) is 3.22. The van der Waals surface area contributed by atoms with Crippen LogP contribution in [0.5, 0.6) is 5.75 Å². The quantitative estimate of drug-likeness (QED) is 0.636. The Hall–Kier alpha value is -3.00. The summed E-state index contributed by atoms with van der Waals surface area (Å²) >= 11 is 1.50. The predicted molar refractivity (Wildman–Crippen MR) is 122 cm³/mol. The third kappa shape index (κ3) is 3.76. The number of fused-ring (bicyclic) bond motifs is 1. The topological polar surface area (TPSA) is 81.1 Å². The molecule has 3 aromatic rings. The van der Waals surface area contributed by atoms with Crippen LogP contribution < -0.4 is 15.5 Å². The number of carbonyl (C=O) groups is 1. The molecule has 1 amide bonds. The van der Waals surface area contributed by atoms with Crippen molar-refractivity contribution in [2.75, 3.05) is 17.9 Å². The van der Waals surface area contributed by atoms with Crippen LogP contribution in [0.4, 0.5) is 5.69 Å². The van der Waals surface area contributed by atoms with Crippen molar-refractivity contribution >= 4 is 23.4 Å². The highest BCUT2D eigenvalue weighted by Crippen LogP contribution is 2.44. The Morgan fingerprint density at radius 1 is 1.13 bits per heavy atom. The molecule has 0 radical (unpaired) electrons. The Kier molecular flexibility index (Phi) is 5.31. The van der Waals surface area contributed by atoms with E-state index in [1.165, 1.54) is 18.2 Å². The first-order valence-corrected chi connectivity index (χ1v) is 11.5. The summed E-state index contributed by atoms with van der Waals surface area (Å²) in [5.74, 6) is 1.47. The van der Waals surface area contributed by atoms with Gasteiger partial charge >= 0.3 is 0 Å². The van der Waals surface area contributed by atoms with Gasteiger partial charge in [0, 0.05) is 17.3 Å². The van der Waals surface area contributed by atoms with Gasteiger partial charge < -0.3 is 15.5 Å². The van der Waals surface area contributed by atoms with Crippen molar-refractivity contribution in [2.24, 2.45) is 0 Å². The molecular weight excluding hydrogens is 410 g/mol. The zero-order chi connectivity index (χ0) is 21.3. The van der Waals surface area contributed by atoms with Crippen LogP contribution in [0.1, 0.15) is 32.1 Å². The summed E-state index contributed by atoms with van der Waals surface area (Å²) in [6.45, 7) is 0. The van der Waals surface area contributed by atoms with E-state index in [1.54, 1.807) is 7.11 Å². The summed E-state index contributed by atoms with van der Waals surface area (Å²) in [7, 11) is 1.62. The molecule has 1 atom stereocenters. The van der Waals surface area contributed by atoms with Gasteiger partial charge in [-0.15, -0.1) is 10.2 Å². The second kappa shape index (κ2) is 8.26. The molecule has 2 aliphatic rings. The number of benzene rings is 2. The number of amides is 1. The smallest absolute Gasteiger partial charge is 0.240 e. The van der Waals surface area contributed by atoms with E-state index in [-0.39, 0.29) is 16.7 Å². The summed E-state index contributed by atoms with van der Waals surface area (Å²) in [6, 6.07) is 17.5. The molecular formula is C23H25N5O2S. The molecule has 2 aromatic carbocycles. The standard InChI is InChI=1S/C23H25N5O2S/c1-30-18-12-8-11-17(15-18)24-21(29)19-23(13-6-3-7-14-23)27-28-20(25-26-22(28)31-19)16-9-4-2-5-10-16/h2,4-5,8-12,15,19,27H,3,6-7,13-14H2,1H3,(H,24,29)/t19-/m1/s1. The van der Waals surface area contributed by atoms with Crippen LogP contribution in [0.3, 0.4) is 0 Å². The lowest BCUT2D eigenvalue weighted by Gasteiger charge is -2.46. The number of thioether (sulfide) groups is 1. The molecule has 1 aromatic heterocycles. The normalized spacial score (nSPS) is 19.3. The van der Waals surface area contributed by atoms with Crippen LogP contribution in [-0.2, 0) is 4.79 Å². The van der Waals surface area contributed by atoms with Gasteiger partial charge in [0.25, 0.3) is 0 Å². The molecule has 1 fully saturated rings. The minimum atomic E-state index is -0.342. The maximum absolute atomic E-state index is 13.5. The highest BCUT2D eigenvalue weighted by Gasteiger charge is 2.49. The van der Waals surface area contributed by atoms with Crippen LogP contribution in [0.2, 0.25) is 0 Å². The van der Waals surface area contributed by atoms with Crippen molar-refractivity contribution in [2.45, 2.75) is 48.0 Å². The Morgan fingerprint density at radius 2 is 1.94 bits per heavy atom. The molecule has 0 saturated heterocycles. The number of carbonyl (C=O) groups excluding carboxylic acids is 1. The lowest BCUT2D eigenvalue weighted by Crippen LogP contribution is -2.59. The van der Waals surface area contributed by atoms with Gasteiger partial charge in [0.15, 0.2) is 5.82 Å². The van der Waals surface area contributed by atoms with E-state index in [2.05, 4.69) is 20.9 Å². The fraction of sp³-hybridized carbons (Fsp3) is 0.348. The minimum Gasteiger partial charge on any atom is -0.497 e. The van der Waals surface area contributed by atoms with Crippen molar-refractivity contribution in [3.05, 3.63) is 54.6 Å². The molecule has 0 unspecified atom stereocenters. The first-order valence-electron chi connectivity index (χ1n) is 10.6. The molecule has 1 saturated carbocycles. The van der Waals surface area contributed by atoms with E-state index < -0.39 is 0 Å². The molecule has 160 valence electrons. The van der Waals surface area contributed by atoms with Crippen molar-refractivity contribution in [1.82, 2.24) is 14.9 Å². The van der Waals surface area contributed by atoms with E-state index in [9.17, 15) is 4.79 Å². The third-order valence-corrected chi connectivity index (χ3v) is 7.42. The molecule has 7 nitrogen and oxygen atoms in total. The fourth-order valence-corrected chi connectivity index (χ4v) is 5.71. The zero-order valence-corrected chi connectivity index (χ0v) is 18.2. The number of hydrogen-bond donors (Lipinski definition) is 2. The molecule has 8 heteroatoms. The highest BCUT2D eigenvalue weighted by molar-refractivity contribution is 8.00. The van der Waals surface area contributed by atoms with E-state index in [0.29, 0.717) is 10.9 Å². The number of ether oxygens (including phenoxy) is 1. The number of aromatic nitrogens is 3. The summed E-state index contributed by atoms with van der Waals surface area (Å²) < 4.78 is 7.27. The molecule has 2 N–H and O–H groups in total. The summed E-state index contributed by atoms with van der Waals surface area (Å²) in [6.07, 6.45) is 5.24. The van der Waals surface area contributed by atoms with Crippen molar-refractivity contribution in [1.29, 1.82) is 0 Å². The predicted octanol–water partition coefficient (Wildman–Crippen LogP) is 4.31. The van der Waals surface area contributed by atoms with E-state index in [1.807, 2.05) is 59.3 Å². The Bertz CT molecular complexity index is 1080. The summed E-state index contributed by atoms with van der Waals surface area (Å²) in [4.78, 5) is 13.5. The van der Waals surface area contributed by atoms with E-state index in [0.717, 1.165) is 42.8 Å².